The molecule has 17 heavy (non-hydrogen) atoms. The van der Waals surface area contributed by atoms with Crippen LogP contribution < -0.4 is 5.73 Å². The summed E-state index contributed by atoms with van der Waals surface area (Å²) in [6, 6.07) is 5.83. The summed E-state index contributed by atoms with van der Waals surface area (Å²) in [6.07, 6.45) is -2.15. The highest BCUT2D eigenvalue weighted by atomic mass is 19.4. The van der Waals surface area contributed by atoms with Gasteiger partial charge in [0.05, 0.1) is 6.42 Å². The Morgan fingerprint density at radius 3 is 2.71 bits per heavy atom. The fraction of sp³-hybridized carbons (Fsp3) is 0.250. The van der Waals surface area contributed by atoms with Crippen molar-refractivity contribution in [1.29, 1.82) is 0 Å². The van der Waals surface area contributed by atoms with Crippen LogP contribution in [0.3, 0.4) is 0 Å². The molecular weight excluding hydrogens is 229 g/mol. The number of benzene rings is 1. The van der Waals surface area contributed by atoms with Crippen LogP contribution in [0.15, 0.2) is 36.7 Å². The first-order chi connectivity index (χ1) is 7.97. The highest BCUT2D eigenvalue weighted by molar-refractivity contribution is 5.85. The summed E-state index contributed by atoms with van der Waals surface area (Å²) in [7, 11) is 0. The average molecular weight is 240 g/mol. The third-order valence-corrected chi connectivity index (χ3v) is 2.57. The van der Waals surface area contributed by atoms with Gasteiger partial charge in [-0.3, -0.25) is 4.98 Å². The number of fused-ring (bicyclic) bond motifs is 1. The fourth-order valence-electron chi connectivity index (χ4n) is 1.82. The molecule has 2 N–H and O–H groups in total. The smallest absolute Gasteiger partial charge is 0.324 e. The Morgan fingerprint density at radius 2 is 2.00 bits per heavy atom. The van der Waals surface area contributed by atoms with Gasteiger partial charge in [-0.1, -0.05) is 18.2 Å². The number of pyridine rings is 1. The Kier molecular flexibility index (Phi) is 3.02. The largest absolute Gasteiger partial charge is 0.390 e. The predicted octanol–water partition coefficient (Wildman–Crippen LogP) is 3.19. The fourth-order valence-corrected chi connectivity index (χ4v) is 1.82. The zero-order chi connectivity index (χ0) is 12.5. The standard InChI is InChI=1S/C12H11F3N2/c13-12(14,15)6-11(16)9-3-1-2-8-4-5-17-7-10(8)9/h1-5,7,11H,6,16H2. The third kappa shape index (κ3) is 2.74. The van der Waals surface area contributed by atoms with Gasteiger partial charge < -0.3 is 5.73 Å². The van der Waals surface area contributed by atoms with Gasteiger partial charge in [-0.15, -0.1) is 0 Å². The number of hydrogen-bond donors (Lipinski definition) is 1. The SMILES string of the molecule is NC(CC(F)(F)F)c1cccc2ccncc12. The van der Waals surface area contributed by atoms with E-state index >= 15 is 0 Å². The monoisotopic (exact) mass is 240 g/mol. The van der Waals surface area contributed by atoms with E-state index in [1.807, 2.05) is 6.07 Å². The number of rotatable bonds is 2. The molecule has 0 aliphatic rings. The van der Waals surface area contributed by atoms with Crippen LogP contribution in [0.4, 0.5) is 13.2 Å². The molecule has 1 atom stereocenters. The molecule has 1 aromatic heterocycles. The maximum Gasteiger partial charge on any atom is 0.390 e. The molecule has 0 aliphatic heterocycles. The molecule has 2 aromatic rings. The molecule has 2 rings (SSSR count). The van der Waals surface area contributed by atoms with E-state index in [0.717, 1.165) is 5.39 Å². The summed E-state index contributed by atoms with van der Waals surface area (Å²) in [5.74, 6) is 0. The van der Waals surface area contributed by atoms with E-state index in [9.17, 15) is 13.2 Å². The minimum atomic E-state index is -4.26. The predicted molar refractivity (Wildman–Crippen MR) is 59.3 cm³/mol. The van der Waals surface area contributed by atoms with Gasteiger partial charge in [-0.2, -0.15) is 13.2 Å². The molecule has 2 nitrogen and oxygen atoms in total. The molecule has 0 radical (unpaired) electrons. The lowest BCUT2D eigenvalue weighted by molar-refractivity contribution is -0.138. The molecule has 0 fully saturated rings. The molecule has 0 saturated carbocycles. The summed E-state index contributed by atoms with van der Waals surface area (Å²) in [6.45, 7) is 0. The molecular formula is C12H11F3N2. The Morgan fingerprint density at radius 1 is 1.24 bits per heavy atom. The number of hydrogen-bond acceptors (Lipinski definition) is 2. The van der Waals surface area contributed by atoms with Gasteiger partial charge in [0.2, 0.25) is 0 Å². The van der Waals surface area contributed by atoms with Crippen LogP contribution in [-0.2, 0) is 0 Å². The number of alkyl halides is 3. The van der Waals surface area contributed by atoms with Crippen molar-refractivity contribution >= 4 is 10.8 Å². The minimum Gasteiger partial charge on any atom is -0.324 e. The lowest BCUT2D eigenvalue weighted by atomic mass is 9.99. The molecule has 0 bridgehead atoms. The van der Waals surface area contributed by atoms with E-state index in [2.05, 4.69) is 4.98 Å². The number of aromatic nitrogens is 1. The van der Waals surface area contributed by atoms with Crippen molar-refractivity contribution in [2.24, 2.45) is 5.73 Å². The van der Waals surface area contributed by atoms with Gasteiger partial charge in [-0.25, -0.2) is 0 Å². The first-order valence-corrected chi connectivity index (χ1v) is 5.12. The van der Waals surface area contributed by atoms with Crippen LogP contribution in [0.5, 0.6) is 0 Å². The van der Waals surface area contributed by atoms with Crippen molar-refractivity contribution in [1.82, 2.24) is 4.98 Å². The van der Waals surface area contributed by atoms with Crippen LogP contribution in [0.25, 0.3) is 10.8 Å². The lowest BCUT2D eigenvalue weighted by Crippen LogP contribution is -2.20. The molecule has 90 valence electrons. The Balaban J connectivity index is 2.41. The normalized spacial score (nSPS) is 13.9. The molecule has 1 heterocycles. The Labute approximate surface area is 96.3 Å². The van der Waals surface area contributed by atoms with E-state index in [0.29, 0.717) is 10.9 Å². The number of nitrogens with two attached hydrogens (primary N) is 1. The molecule has 1 unspecified atom stereocenters. The van der Waals surface area contributed by atoms with E-state index in [-0.39, 0.29) is 0 Å². The van der Waals surface area contributed by atoms with Crippen LogP contribution in [-0.4, -0.2) is 11.2 Å². The Bertz CT molecular complexity index is 517. The van der Waals surface area contributed by atoms with Gasteiger partial charge in [0.15, 0.2) is 0 Å². The highest BCUT2D eigenvalue weighted by Crippen LogP contribution is 2.31. The second-order valence-corrected chi connectivity index (χ2v) is 3.87. The molecule has 5 heteroatoms. The van der Waals surface area contributed by atoms with E-state index in [1.54, 1.807) is 30.6 Å². The van der Waals surface area contributed by atoms with Crippen LogP contribution >= 0.6 is 0 Å². The van der Waals surface area contributed by atoms with E-state index < -0.39 is 18.6 Å². The average Bonchev–Trinajstić information content (AvgIpc) is 2.26. The van der Waals surface area contributed by atoms with Crippen molar-refractivity contribution in [2.75, 3.05) is 0 Å². The second kappa shape index (κ2) is 4.33. The van der Waals surface area contributed by atoms with Crippen molar-refractivity contribution in [3.8, 4) is 0 Å². The zero-order valence-electron chi connectivity index (χ0n) is 8.91. The van der Waals surface area contributed by atoms with Crippen LogP contribution in [0.1, 0.15) is 18.0 Å². The summed E-state index contributed by atoms with van der Waals surface area (Å²) < 4.78 is 36.9. The lowest BCUT2D eigenvalue weighted by Gasteiger charge is -2.16. The zero-order valence-corrected chi connectivity index (χ0v) is 8.91. The van der Waals surface area contributed by atoms with E-state index in [1.165, 1.54) is 0 Å². The molecule has 1 aromatic carbocycles. The van der Waals surface area contributed by atoms with Gasteiger partial charge in [0.25, 0.3) is 0 Å². The van der Waals surface area contributed by atoms with Crippen molar-refractivity contribution in [2.45, 2.75) is 18.6 Å². The minimum absolute atomic E-state index is 0.480. The third-order valence-electron chi connectivity index (χ3n) is 2.57. The first kappa shape index (κ1) is 11.9. The van der Waals surface area contributed by atoms with Gasteiger partial charge in [0.1, 0.15) is 0 Å². The molecule has 0 spiro atoms. The topological polar surface area (TPSA) is 38.9 Å². The van der Waals surface area contributed by atoms with Crippen molar-refractivity contribution in [3.63, 3.8) is 0 Å². The summed E-state index contributed by atoms with van der Waals surface area (Å²) in [5, 5.41) is 1.52. The maximum absolute atomic E-state index is 12.3. The second-order valence-electron chi connectivity index (χ2n) is 3.87. The highest BCUT2D eigenvalue weighted by Gasteiger charge is 2.31. The van der Waals surface area contributed by atoms with Crippen molar-refractivity contribution in [3.05, 3.63) is 42.2 Å². The quantitative estimate of drug-likeness (QED) is 0.875. The number of halogens is 3. The van der Waals surface area contributed by atoms with Gasteiger partial charge >= 0.3 is 6.18 Å². The van der Waals surface area contributed by atoms with Crippen LogP contribution in [0, 0.1) is 0 Å². The molecule has 0 saturated heterocycles. The van der Waals surface area contributed by atoms with Crippen LogP contribution in [0.2, 0.25) is 0 Å². The summed E-state index contributed by atoms with van der Waals surface area (Å²) in [4.78, 5) is 3.92. The van der Waals surface area contributed by atoms with Gasteiger partial charge in [-0.05, 0) is 17.0 Å². The van der Waals surface area contributed by atoms with Gasteiger partial charge in [0, 0.05) is 23.8 Å². The number of nitrogens with zero attached hydrogens (tertiary/aromatic N) is 1. The molecule has 0 aliphatic carbocycles. The first-order valence-electron chi connectivity index (χ1n) is 5.12. The Hall–Kier alpha value is -1.62. The maximum atomic E-state index is 12.3. The summed E-state index contributed by atoms with van der Waals surface area (Å²) >= 11 is 0. The van der Waals surface area contributed by atoms with E-state index in [4.69, 9.17) is 5.73 Å². The van der Waals surface area contributed by atoms with Crippen molar-refractivity contribution < 1.29 is 13.2 Å². The summed E-state index contributed by atoms with van der Waals surface area (Å²) in [5.41, 5.74) is 6.08. The molecule has 0 amide bonds.